The molecule has 16 heavy (non-hydrogen) atoms. The van der Waals surface area contributed by atoms with Gasteiger partial charge in [-0.2, -0.15) is 0 Å². The summed E-state index contributed by atoms with van der Waals surface area (Å²) in [6.45, 7) is 0. The summed E-state index contributed by atoms with van der Waals surface area (Å²) in [6.07, 6.45) is 6.57. The monoisotopic (exact) mass is 223 g/mol. The van der Waals surface area contributed by atoms with Crippen LogP contribution in [0.3, 0.4) is 0 Å². The molecule has 1 nitrogen and oxygen atoms in total. The Bertz CT molecular complexity index is 540. The van der Waals surface area contributed by atoms with E-state index in [2.05, 4.69) is 17.1 Å². The van der Waals surface area contributed by atoms with E-state index in [-0.39, 0.29) is 0 Å². The van der Waals surface area contributed by atoms with Crippen molar-refractivity contribution in [1.82, 2.24) is 4.98 Å². The molecule has 1 aliphatic carbocycles. The second-order valence-electron chi connectivity index (χ2n) is 3.89. The minimum absolute atomic E-state index is 0.796. The van der Waals surface area contributed by atoms with Crippen LogP contribution >= 0.6 is 11.3 Å². The molecule has 0 amide bonds. The third kappa shape index (κ3) is 1.72. The predicted octanol–water partition coefficient (Wildman–Crippen LogP) is 2.56. The highest BCUT2D eigenvalue weighted by molar-refractivity contribution is 7.15. The number of allylic oxidation sites excluding steroid dienone is 1. The van der Waals surface area contributed by atoms with Crippen molar-refractivity contribution in [3.05, 3.63) is 40.9 Å². The highest BCUT2D eigenvalue weighted by Gasteiger charge is 2.12. The van der Waals surface area contributed by atoms with Crippen molar-refractivity contribution < 1.29 is 0 Å². The molecular formula is C13H10BNS. The van der Waals surface area contributed by atoms with Crippen LogP contribution in [0.15, 0.2) is 30.3 Å². The molecule has 0 fully saturated rings. The van der Waals surface area contributed by atoms with Crippen LogP contribution in [0.5, 0.6) is 0 Å². The number of aryl methyl sites for hydroxylation is 1. The van der Waals surface area contributed by atoms with E-state index in [0.29, 0.717) is 0 Å². The first-order chi connectivity index (χ1) is 7.83. The fraction of sp³-hybridized carbons (Fsp3) is 0.154. The van der Waals surface area contributed by atoms with Gasteiger partial charge in [-0.1, -0.05) is 35.8 Å². The van der Waals surface area contributed by atoms with Crippen LogP contribution in [-0.2, 0) is 6.42 Å². The van der Waals surface area contributed by atoms with Crippen LogP contribution in [0.2, 0.25) is 0 Å². The van der Waals surface area contributed by atoms with Gasteiger partial charge in [0.1, 0.15) is 12.9 Å². The molecule has 3 rings (SSSR count). The number of benzene rings is 1. The highest BCUT2D eigenvalue weighted by atomic mass is 32.1. The molecule has 76 valence electrons. The van der Waals surface area contributed by atoms with E-state index in [0.717, 1.165) is 34.6 Å². The first kappa shape index (κ1) is 9.85. The summed E-state index contributed by atoms with van der Waals surface area (Å²) < 4.78 is 0. The lowest BCUT2D eigenvalue weighted by molar-refractivity contribution is 1.00. The summed E-state index contributed by atoms with van der Waals surface area (Å²) in [5, 5.41) is 1.09. The number of aromatic nitrogens is 1. The molecule has 0 aliphatic heterocycles. The van der Waals surface area contributed by atoms with Crippen molar-refractivity contribution >= 4 is 30.7 Å². The van der Waals surface area contributed by atoms with E-state index in [1.807, 2.05) is 24.3 Å². The molecule has 0 N–H and O–H groups in total. The van der Waals surface area contributed by atoms with Crippen molar-refractivity contribution in [1.29, 1.82) is 0 Å². The van der Waals surface area contributed by atoms with Gasteiger partial charge in [0.25, 0.3) is 0 Å². The van der Waals surface area contributed by atoms with Crippen LogP contribution in [-0.4, -0.2) is 12.8 Å². The quantitative estimate of drug-likeness (QED) is 0.677. The van der Waals surface area contributed by atoms with Gasteiger partial charge in [-0.05, 0) is 18.9 Å². The van der Waals surface area contributed by atoms with Crippen molar-refractivity contribution in [2.45, 2.75) is 12.8 Å². The fourth-order valence-electron chi connectivity index (χ4n) is 1.83. The van der Waals surface area contributed by atoms with Gasteiger partial charge in [-0.3, -0.25) is 0 Å². The average Bonchev–Trinajstić information content (AvgIpc) is 2.73. The second kappa shape index (κ2) is 3.91. The first-order valence-electron chi connectivity index (χ1n) is 5.35. The standard InChI is InChI=1S/C13H10BNS/c14-10-7-5-9(6-8-10)13-15-11-3-1-2-4-12(11)16-13/h1,3,5-8H,2,4H2. The fourth-order valence-corrected chi connectivity index (χ4v) is 2.90. The number of hydrogen-bond acceptors (Lipinski definition) is 2. The average molecular weight is 223 g/mol. The number of nitrogens with zero attached hydrogens (tertiary/aromatic N) is 1. The Kier molecular flexibility index (Phi) is 2.41. The van der Waals surface area contributed by atoms with Gasteiger partial charge in [-0.15, -0.1) is 11.3 Å². The summed E-state index contributed by atoms with van der Waals surface area (Å²) in [7, 11) is 5.67. The lowest BCUT2D eigenvalue weighted by Crippen LogP contribution is -1.98. The van der Waals surface area contributed by atoms with Crippen LogP contribution in [0.4, 0.5) is 0 Å². The summed E-state index contributed by atoms with van der Waals surface area (Å²) >= 11 is 1.79. The van der Waals surface area contributed by atoms with Crippen molar-refractivity contribution in [2.75, 3.05) is 0 Å². The molecule has 0 spiro atoms. The topological polar surface area (TPSA) is 12.9 Å². The summed E-state index contributed by atoms with van der Waals surface area (Å²) in [5.41, 5.74) is 3.09. The Morgan fingerprint density at radius 3 is 2.75 bits per heavy atom. The predicted molar refractivity (Wildman–Crippen MR) is 70.3 cm³/mol. The van der Waals surface area contributed by atoms with Gasteiger partial charge in [-0.25, -0.2) is 4.98 Å². The second-order valence-corrected chi connectivity index (χ2v) is 4.97. The van der Waals surface area contributed by atoms with E-state index in [1.54, 1.807) is 11.3 Å². The lowest BCUT2D eigenvalue weighted by atomic mass is 9.95. The third-order valence-corrected chi connectivity index (χ3v) is 3.88. The minimum Gasteiger partial charge on any atom is -0.236 e. The minimum atomic E-state index is 0.796. The largest absolute Gasteiger partial charge is 0.236 e. The molecule has 0 bridgehead atoms. The van der Waals surface area contributed by atoms with Crippen LogP contribution in [0.25, 0.3) is 16.6 Å². The molecule has 3 heteroatoms. The Morgan fingerprint density at radius 1 is 1.19 bits per heavy atom. The summed E-state index contributed by atoms with van der Waals surface area (Å²) in [4.78, 5) is 6.04. The van der Waals surface area contributed by atoms with Gasteiger partial charge in [0.15, 0.2) is 0 Å². The van der Waals surface area contributed by atoms with Crippen LogP contribution in [0, 0.1) is 0 Å². The zero-order chi connectivity index (χ0) is 11.0. The molecule has 0 unspecified atom stereocenters. The zero-order valence-electron chi connectivity index (χ0n) is 8.81. The third-order valence-electron chi connectivity index (χ3n) is 2.70. The summed E-state index contributed by atoms with van der Waals surface area (Å²) in [5.74, 6) is 0. The van der Waals surface area contributed by atoms with E-state index in [9.17, 15) is 0 Å². The van der Waals surface area contributed by atoms with Gasteiger partial charge in [0, 0.05) is 10.4 Å². The zero-order valence-corrected chi connectivity index (χ0v) is 9.63. The van der Waals surface area contributed by atoms with Crippen LogP contribution in [0.1, 0.15) is 17.0 Å². The molecule has 2 aromatic rings. The molecular weight excluding hydrogens is 213 g/mol. The van der Waals surface area contributed by atoms with Crippen molar-refractivity contribution in [2.24, 2.45) is 0 Å². The van der Waals surface area contributed by atoms with Crippen molar-refractivity contribution in [3.63, 3.8) is 0 Å². The van der Waals surface area contributed by atoms with E-state index in [1.165, 1.54) is 4.88 Å². The van der Waals surface area contributed by atoms with Gasteiger partial charge >= 0.3 is 0 Å². The molecule has 0 saturated carbocycles. The molecule has 2 radical (unpaired) electrons. The van der Waals surface area contributed by atoms with Gasteiger partial charge in [0.2, 0.25) is 0 Å². The molecule has 1 aromatic heterocycles. The first-order valence-corrected chi connectivity index (χ1v) is 6.17. The van der Waals surface area contributed by atoms with Gasteiger partial charge < -0.3 is 0 Å². The molecule has 1 heterocycles. The molecule has 0 saturated heterocycles. The SMILES string of the molecule is [B]c1ccc(-c2nc3c(s2)CCC=C3)cc1. The highest BCUT2D eigenvalue weighted by Crippen LogP contribution is 2.31. The Hall–Kier alpha value is -1.35. The maximum absolute atomic E-state index is 5.67. The summed E-state index contributed by atoms with van der Waals surface area (Å²) in [6, 6.07) is 7.91. The van der Waals surface area contributed by atoms with E-state index < -0.39 is 0 Å². The number of thiazole rings is 1. The van der Waals surface area contributed by atoms with E-state index in [4.69, 9.17) is 7.85 Å². The molecule has 1 aliphatic rings. The molecule has 0 atom stereocenters. The van der Waals surface area contributed by atoms with Crippen molar-refractivity contribution in [3.8, 4) is 10.6 Å². The number of fused-ring (bicyclic) bond motifs is 1. The van der Waals surface area contributed by atoms with Gasteiger partial charge in [0.05, 0.1) is 5.69 Å². The number of rotatable bonds is 1. The smallest absolute Gasteiger partial charge is 0.124 e. The Balaban J connectivity index is 2.04. The Morgan fingerprint density at radius 2 is 2.00 bits per heavy atom. The Labute approximate surface area is 100 Å². The number of hydrogen-bond donors (Lipinski definition) is 0. The van der Waals surface area contributed by atoms with Crippen LogP contribution < -0.4 is 5.46 Å². The lowest BCUT2D eigenvalue weighted by Gasteiger charge is -1.99. The normalized spacial score (nSPS) is 13.8. The molecule has 1 aromatic carbocycles. The maximum atomic E-state index is 5.67. The van der Waals surface area contributed by atoms with E-state index >= 15 is 0 Å². The maximum Gasteiger partial charge on any atom is 0.124 e.